The lowest BCUT2D eigenvalue weighted by Crippen LogP contribution is -2.55. The van der Waals surface area contributed by atoms with Gasteiger partial charge >= 0.3 is 0 Å². The maximum absolute atomic E-state index is 12.2. The first-order valence-corrected chi connectivity index (χ1v) is 6.24. The minimum Gasteiger partial charge on any atom is -0.352 e. The van der Waals surface area contributed by atoms with Crippen molar-refractivity contribution in [2.75, 3.05) is 0 Å². The van der Waals surface area contributed by atoms with Crippen LogP contribution in [0.15, 0.2) is 24.3 Å². The zero-order chi connectivity index (χ0) is 14.7. The number of hydrogen-bond acceptors (Lipinski definition) is 3. The van der Waals surface area contributed by atoms with Crippen LogP contribution in [0.2, 0.25) is 0 Å². The monoisotopic (exact) mass is 259 g/mol. The number of nitrogens with one attached hydrogen (secondary N) is 1. The molecule has 0 radical (unpaired) electrons. The molecule has 0 fully saturated rings. The number of rotatable bonds is 4. The second-order valence-electron chi connectivity index (χ2n) is 5.84. The van der Waals surface area contributed by atoms with Gasteiger partial charge in [-0.1, -0.05) is 12.1 Å². The van der Waals surface area contributed by atoms with Gasteiger partial charge in [0.1, 0.15) is 0 Å². The quantitative estimate of drug-likeness (QED) is 0.867. The van der Waals surface area contributed by atoms with Crippen molar-refractivity contribution in [3.63, 3.8) is 0 Å². The van der Waals surface area contributed by atoms with Crippen LogP contribution in [0.1, 0.15) is 38.8 Å². The summed E-state index contributed by atoms with van der Waals surface area (Å²) in [5, 5.41) is 11.6. The average Bonchev–Trinajstić information content (AvgIpc) is 2.35. The molecule has 4 heteroatoms. The molecule has 4 nitrogen and oxygen atoms in total. The summed E-state index contributed by atoms with van der Waals surface area (Å²) in [5.74, 6) is -0.0793. The van der Waals surface area contributed by atoms with E-state index in [-0.39, 0.29) is 5.91 Å². The number of benzene rings is 1. The topological polar surface area (TPSA) is 78.9 Å². The normalized spacial score (nSPS) is 11.8. The molecular weight excluding hydrogens is 238 g/mol. The third kappa shape index (κ3) is 3.55. The van der Waals surface area contributed by atoms with Gasteiger partial charge in [-0.2, -0.15) is 5.26 Å². The van der Waals surface area contributed by atoms with Crippen LogP contribution in [-0.2, 0) is 11.3 Å². The number of carbonyl (C=O) groups is 1. The van der Waals surface area contributed by atoms with Crippen LogP contribution in [0.25, 0.3) is 0 Å². The van der Waals surface area contributed by atoms with E-state index >= 15 is 0 Å². The Bertz CT molecular complexity index is 490. The van der Waals surface area contributed by atoms with Crippen LogP contribution < -0.4 is 11.1 Å². The standard InChI is InChI=1S/C15H21N3O/c1-14(2,15(3,4)17)13(19)18-10-12-7-5-11(9-16)6-8-12/h5-8H,10,17H2,1-4H3,(H,18,19). The van der Waals surface area contributed by atoms with E-state index < -0.39 is 11.0 Å². The van der Waals surface area contributed by atoms with Gasteiger partial charge in [0.25, 0.3) is 0 Å². The molecule has 3 N–H and O–H groups in total. The molecule has 0 aliphatic rings. The van der Waals surface area contributed by atoms with Gasteiger partial charge in [-0.05, 0) is 45.4 Å². The van der Waals surface area contributed by atoms with Gasteiger partial charge in [0.2, 0.25) is 5.91 Å². The fourth-order valence-corrected chi connectivity index (χ4v) is 1.39. The predicted molar refractivity (Wildman–Crippen MR) is 75.1 cm³/mol. The Morgan fingerprint density at radius 2 is 1.79 bits per heavy atom. The summed E-state index contributed by atoms with van der Waals surface area (Å²) in [5.41, 5.74) is 6.34. The van der Waals surface area contributed by atoms with Crippen molar-refractivity contribution in [2.24, 2.45) is 11.1 Å². The molecule has 1 aromatic rings. The lowest BCUT2D eigenvalue weighted by molar-refractivity contribution is -0.132. The minimum atomic E-state index is -0.653. The summed E-state index contributed by atoms with van der Waals surface area (Å²) in [6.45, 7) is 7.79. The largest absolute Gasteiger partial charge is 0.352 e. The fraction of sp³-hybridized carbons (Fsp3) is 0.467. The molecule has 0 aliphatic carbocycles. The van der Waals surface area contributed by atoms with E-state index in [1.165, 1.54) is 0 Å². The van der Waals surface area contributed by atoms with Crippen molar-refractivity contribution < 1.29 is 4.79 Å². The Hall–Kier alpha value is -1.86. The molecule has 0 spiro atoms. The molecule has 0 aliphatic heterocycles. The average molecular weight is 259 g/mol. The zero-order valence-electron chi connectivity index (χ0n) is 11.9. The van der Waals surface area contributed by atoms with E-state index in [4.69, 9.17) is 11.0 Å². The van der Waals surface area contributed by atoms with E-state index in [9.17, 15) is 4.79 Å². The van der Waals surface area contributed by atoms with Gasteiger partial charge in [-0.3, -0.25) is 4.79 Å². The van der Waals surface area contributed by atoms with Crippen molar-refractivity contribution >= 4 is 5.91 Å². The Labute approximate surface area is 114 Å². The number of nitrogens with zero attached hydrogens (tertiary/aromatic N) is 1. The molecule has 0 aromatic heterocycles. The molecule has 1 amide bonds. The second-order valence-corrected chi connectivity index (χ2v) is 5.84. The van der Waals surface area contributed by atoms with E-state index in [1.54, 1.807) is 12.1 Å². The molecule has 1 aromatic carbocycles. The Morgan fingerprint density at radius 1 is 1.26 bits per heavy atom. The van der Waals surface area contributed by atoms with Crippen LogP contribution in [0.3, 0.4) is 0 Å². The van der Waals surface area contributed by atoms with Crippen LogP contribution in [0.4, 0.5) is 0 Å². The Balaban J connectivity index is 2.67. The van der Waals surface area contributed by atoms with E-state index in [1.807, 2.05) is 39.8 Å². The summed E-state index contributed by atoms with van der Waals surface area (Å²) in [6.07, 6.45) is 0. The molecule has 0 heterocycles. The summed E-state index contributed by atoms with van der Waals surface area (Å²) in [4.78, 5) is 12.2. The first-order chi connectivity index (χ1) is 8.68. The highest BCUT2D eigenvalue weighted by atomic mass is 16.2. The van der Waals surface area contributed by atoms with Gasteiger partial charge in [0.15, 0.2) is 0 Å². The van der Waals surface area contributed by atoms with E-state index in [0.717, 1.165) is 5.56 Å². The SMILES string of the molecule is CC(C)(N)C(C)(C)C(=O)NCc1ccc(C#N)cc1. The van der Waals surface area contributed by atoms with Crippen molar-refractivity contribution in [2.45, 2.75) is 39.8 Å². The molecule has 0 atom stereocenters. The number of nitriles is 1. The highest BCUT2D eigenvalue weighted by molar-refractivity contribution is 5.83. The smallest absolute Gasteiger partial charge is 0.227 e. The third-order valence-corrected chi connectivity index (χ3v) is 3.71. The third-order valence-electron chi connectivity index (χ3n) is 3.71. The number of carbonyl (C=O) groups excluding carboxylic acids is 1. The van der Waals surface area contributed by atoms with Crippen molar-refractivity contribution in [3.05, 3.63) is 35.4 Å². The number of nitrogens with two attached hydrogens (primary N) is 1. The number of hydrogen-bond donors (Lipinski definition) is 2. The summed E-state index contributed by atoms with van der Waals surface area (Å²) in [6, 6.07) is 9.20. The van der Waals surface area contributed by atoms with Crippen molar-refractivity contribution in [1.82, 2.24) is 5.32 Å². The van der Waals surface area contributed by atoms with Gasteiger partial charge in [-0.15, -0.1) is 0 Å². The van der Waals surface area contributed by atoms with Crippen molar-refractivity contribution in [1.29, 1.82) is 5.26 Å². The van der Waals surface area contributed by atoms with Crippen LogP contribution >= 0.6 is 0 Å². The van der Waals surface area contributed by atoms with Crippen LogP contribution in [0, 0.1) is 16.7 Å². The number of amides is 1. The summed E-state index contributed by atoms with van der Waals surface area (Å²) >= 11 is 0. The minimum absolute atomic E-state index is 0.0793. The van der Waals surface area contributed by atoms with E-state index in [0.29, 0.717) is 12.1 Å². The molecule has 1 rings (SSSR count). The highest BCUT2D eigenvalue weighted by Crippen LogP contribution is 2.28. The summed E-state index contributed by atoms with van der Waals surface area (Å²) in [7, 11) is 0. The van der Waals surface area contributed by atoms with E-state index in [2.05, 4.69) is 11.4 Å². The molecule has 0 saturated carbocycles. The zero-order valence-corrected chi connectivity index (χ0v) is 11.9. The molecule has 102 valence electrons. The maximum atomic E-state index is 12.2. The maximum Gasteiger partial charge on any atom is 0.227 e. The molecule has 19 heavy (non-hydrogen) atoms. The molecular formula is C15H21N3O. The lowest BCUT2D eigenvalue weighted by atomic mass is 9.74. The van der Waals surface area contributed by atoms with Crippen LogP contribution in [0.5, 0.6) is 0 Å². The van der Waals surface area contributed by atoms with Gasteiger partial charge in [0.05, 0.1) is 17.0 Å². The van der Waals surface area contributed by atoms with Gasteiger partial charge in [-0.25, -0.2) is 0 Å². The first kappa shape index (κ1) is 15.2. The highest BCUT2D eigenvalue weighted by Gasteiger charge is 2.40. The first-order valence-electron chi connectivity index (χ1n) is 6.24. The van der Waals surface area contributed by atoms with Crippen LogP contribution in [-0.4, -0.2) is 11.4 Å². The predicted octanol–water partition coefficient (Wildman–Crippen LogP) is 1.94. The fourth-order valence-electron chi connectivity index (χ4n) is 1.39. The van der Waals surface area contributed by atoms with Gasteiger partial charge in [0, 0.05) is 12.1 Å². The Morgan fingerprint density at radius 3 is 2.21 bits per heavy atom. The second kappa shape index (κ2) is 5.41. The van der Waals surface area contributed by atoms with Crippen molar-refractivity contribution in [3.8, 4) is 6.07 Å². The molecule has 0 saturated heterocycles. The van der Waals surface area contributed by atoms with Gasteiger partial charge < -0.3 is 11.1 Å². The molecule has 0 unspecified atom stereocenters. The molecule has 0 bridgehead atoms. The summed E-state index contributed by atoms with van der Waals surface area (Å²) < 4.78 is 0. The Kier molecular flexibility index (Phi) is 4.33. The lowest BCUT2D eigenvalue weighted by Gasteiger charge is -2.36.